The lowest BCUT2D eigenvalue weighted by atomic mass is 10.1. The Labute approximate surface area is 213 Å². The minimum atomic E-state index is -0.530. The maximum atomic E-state index is 12.8. The lowest BCUT2D eigenvalue weighted by molar-refractivity contribution is -0.118. The van der Waals surface area contributed by atoms with Gasteiger partial charge in [-0.15, -0.1) is 0 Å². The van der Waals surface area contributed by atoms with Crippen molar-refractivity contribution in [3.8, 4) is 11.8 Å². The van der Waals surface area contributed by atoms with Crippen LogP contribution in [0.3, 0.4) is 0 Å². The highest BCUT2D eigenvalue weighted by molar-refractivity contribution is 9.10. The van der Waals surface area contributed by atoms with Crippen molar-refractivity contribution in [1.82, 2.24) is 0 Å². The fourth-order valence-electron chi connectivity index (χ4n) is 3.43. The molecule has 2 amide bonds. The molecule has 0 aliphatic rings. The van der Waals surface area contributed by atoms with Gasteiger partial charge in [0.1, 0.15) is 17.4 Å². The van der Waals surface area contributed by atoms with Crippen LogP contribution < -0.4 is 15.4 Å². The fraction of sp³-hybridized carbons (Fsp3) is 0.179. The summed E-state index contributed by atoms with van der Waals surface area (Å²) in [6.07, 6.45) is 1.45. The molecule has 0 fully saturated rings. The summed E-state index contributed by atoms with van der Waals surface area (Å²) in [7, 11) is 0. The zero-order chi connectivity index (χ0) is 25.5. The number of ether oxygens (including phenoxy) is 1. The van der Waals surface area contributed by atoms with Crippen LogP contribution in [-0.4, -0.2) is 18.4 Å². The van der Waals surface area contributed by atoms with Crippen LogP contribution in [0.1, 0.15) is 27.8 Å². The van der Waals surface area contributed by atoms with Crippen molar-refractivity contribution in [3.05, 3.63) is 92.5 Å². The first kappa shape index (κ1) is 25.7. The predicted molar refractivity (Wildman–Crippen MR) is 142 cm³/mol. The summed E-state index contributed by atoms with van der Waals surface area (Å²) in [5.74, 6) is -0.473. The molecule has 0 aromatic heterocycles. The molecule has 0 bridgehead atoms. The lowest BCUT2D eigenvalue weighted by Crippen LogP contribution is -2.21. The van der Waals surface area contributed by atoms with Gasteiger partial charge >= 0.3 is 0 Å². The largest absolute Gasteiger partial charge is 0.483 e. The van der Waals surface area contributed by atoms with Crippen molar-refractivity contribution < 1.29 is 14.3 Å². The number of nitrogens with zero attached hydrogens (tertiary/aromatic N) is 1. The molecule has 0 unspecified atom stereocenters. The topological polar surface area (TPSA) is 91.2 Å². The predicted octanol–water partition coefficient (Wildman–Crippen LogP) is 6.25. The van der Waals surface area contributed by atoms with Gasteiger partial charge in [0.15, 0.2) is 6.61 Å². The molecule has 0 heterocycles. The van der Waals surface area contributed by atoms with Gasteiger partial charge in [-0.2, -0.15) is 5.26 Å². The summed E-state index contributed by atoms with van der Waals surface area (Å²) in [6, 6.07) is 18.5. The maximum Gasteiger partial charge on any atom is 0.266 e. The number of anilines is 2. The Morgan fingerprint density at radius 3 is 2.46 bits per heavy atom. The molecule has 0 aliphatic carbocycles. The first-order valence-corrected chi connectivity index (χ1v) is 11.8. The Balaban J connectivity index is 1.77. The van der Waals surface area contributed by atoms with Gasteiger partial charge in [-0.25, -0.2) is 0 Å². The van der Waals surface area contributed by atoms with E-state index in [0.29, 0.717) is 17.0 Å². The Morgan fingerprint density at radius 2 is 1.74 bits per heavy atom. The van der Waals surface area contributed by atoms with Crippen LogP contribution in [0, 0.1) is 39.0 Å². The van der Waals surface area contributed by atoms with Crippen LogP contribution in [0.15, 0.2) is 64.6 Å². The molecular weight excluding hydrogens is 506 g/mol. The van der Waals surface area contributed by atoms with Crippen LogP contribution in [0.5, 0.6) is 5.75 Å². The van der Waals surface area contributed by atoms with Crippen molar-refractivity contribution in [2.45, 2.75) is 27.7 Å². The summed E-state index contributed by atoms with van der Waals surface area (Å²) >= 11 is 3.41. The molecule has 6 nitrogen and oxygen atoms in total. The van der Waals surface area contributed by atoms with Gasteiger partial charge in [0.2, 0.25) is 0 Å². The van der Waals surface area contributed by atoms with Gasteiger partial charge < -0.3 is 15.4 Å². The van der Waals surface area contributed by atoms with Crippen molar-refractivity contribution in [2.75, 3.05) is 17.2 Å². The van der Waals surface area contributed by atoms with Crippen LogP contribution in [0.4, 0.5) is 11.4 Å². The molecule has 0 aliphatic heterocycles. The number of halogens is 1. The zero-order valence-corrected chi connectivity index (χ0v) is 21.6. The van der Waals surface area contributed by atoms with Crippen molar-refractivity contribution >= 4 is 45.2 Å². The first-order chi connectivity index (χ1) is 16.7. The van der Waals surface area contributed by atoms with Gasteiger partial charge in [-0.3, -0.25) is 9.59 Å². The lowest BCUT2D eigenvalue weighted by Gasteiger charge is -2.13. The van der Waals surface area contributed by atoms with E-state index in [1.807, 2.05) is 64.1 Å². The van der Waals surface area contributed by atoms with Crippen LogP contribution in [0.2, 0.25) is 0 Å². The number of hydrogen-bond donors (Lipinski definition) is 2. The Bertz CT molecular complexity index is 1360. The number of carbonyl (C=O) groups is 2. The highest BCUT2D eigenvalue weighted by Gasteiger charge is 2.14. The van der Waals surface area contributed by atoms with Crippen LogP contribution >= 0.6 is 15.9 Å². The molecule has 3 aromatic carbocycles. The summed E-state index contributed by atoms with van der Waals surface area (Å²) in [5, 5.41) is 15.3. The van der Waals surface area contributed by atoms with E-state index in [4.69, 9.17) is 4.74 Å². The van der Waals surface area contributed by atoms with Gasteiger partial charge in [-0.05, 0) is 80.8 Å². The second-order valence-electron chi connectivity index (χ2n) is 8.21. The van der Waals surface area contributed by atoms with E-state index in [1.165, 1.54) is 6.08 Å². The molecule has 2 N–H and O–H groups in total. The number of carbonyl (C=O) groups excluding carboxylic acids is 2. The van der Waals surface area contributed by atoms with Crippen molar-refractivity contribution in [1.29, 1.82) is 5.26 Å². The normalized spacial score (nSPS) is 10.9. The number of rotatable bonds is 7. The number of amides is 2. The maximum absolute atomic E-state index is 12.8. The van der Waals surface area contributed by atoms with E-state index in [1.54, 1.807) is 24.3 Å². The molecule has 0 saturated carbocycles. The first-order valence-electron chi connectivity index (χ1n) is 11.0. The number of benzene rings is 3. The number of nitrogens with one attached hydrogen (secondary N) is 2. The Kier molecular flexibility index (Phi) is 8.45. The van der Waals surface area contributed by atoms with Gasteiger partial charge in [0.25, 0.3) is 11.8 Å². The average Bonchev–Trinajstić information content (AvgIpc) is 2.81. The molecule has 3 aromatic rings. The number of nitriles is 1. The standard InChI is InChI=1S/C28H26BrN3O3/c1-17-8-10-24(19(3)12-17)32-28(34)22(15-30)13-21-14-23(29)9-11-26(21)35-16-27(33)31-25-7-5-6-18(2)20(25)4/h5-14H,16H2,1-4H3,(H,31,33)(H,32,34)/b22-13+. The second kappa shape index (κ2) is 11.5. The van der Waals surface area contributed by atoms with Crippen molar-refractivity contribution in [3.63, 3.8) is 0 Å². The van der Waals surface area contributed by atoms with E-state index in [0.717, 1.165) is 32.4 Å². The van der Waals surface area contributed by atoms with E-state index in [2.05, 4.69) is 26.6 Å². The number of hydrogen-bond acceptors (Lipinski definition) is 4. The molecule has 0 radical (unpaired) electrons. The summed E-state index contributed by atoms with van der Waals surface area (Å²) in [6.45, 7) is 7.55. The Hall–Kier alpha value is -3.89. The minimum Gasteiger partial charge on any atom is -0.483 e. The second-order valence-corrected chi connectivity index (χ2v) is 9.12. The molecule has 0 atom stereocenters. The molecule has 0 saturated heterocycles. The van der Waals surface area contributed by atoms with Crippen molar-refractivity contribution in [2.24, 2.45) is 0 Å². The fourth-order valence-corrected chi connectivity index (χ4v) is 3.81. The van der Waals surface area contributed by atoms with Gasteiger partial charge in [-0.1, -0.05) is 45.8 Å². The quantitative estimate of drug-likeness (QED) is 0.278. The Morgan fingerprint density at radius 1 is 0.971 bits per heavy atom. The van der Waals surface area contributed by atoms with Gasteiger partial charge in [0.05, 0.1) is 0 Å². The highest BCUT2D eigenvalue weighted by Crippen LogP contribution is 2.26. The highest BCUT2D eigenvalue weighted by atomic mass is 79.9. The SMILES string of the molecule is Cc1ccc(NC(=O)/C(C#N)=C/c2cc(Br)ccc2OCC(=O)Nc2cccc(C)c2C)c(C)c1. The smallest absolute Gasteiger partial charge is 0.266 e. The third-order valence-corrected chi connectivity index (χ3v) is 6.00. The third-order valence-electron chi connectivity index (χ3n) is 5.50. The monoisotopic (exact) mass is 531 g/mol. The van der Waals surface area contributed by atoms with E-state index in [-0.39, 0.29) is 18.1 Å². The molecule has 0 spiro atoms. The molecule has 35 heavy (non-hydrogen) atoms. The van der Waals surface area contributed by atoms with E-state index >= 15 is 0 Å². The van der Waals surface area contributed by atoms with Crippen LogP contribution in [-0.2, 0) is 9.59 Å². The third kappa shape index (κ3) is 6.81. The summed E-state index contributed by atoms with van der Waals surface area (Å²) in [4.78, 5) is 25.3. The average molecular weight is 532 g/mol. The van der Waals surface area contributed by atoms with E-state index in [9.17, 15) is 14.9 Å². The molecular formula is C28H26BrN3O3. The van der Waals surface area contributed by atoms with Gasteiger partial charge in [0, 0.05) is 21.4 Å². The van der Waals surface area contributed by atoms with Crippen LogP contribution in [0.25, 0.3) is 6.08 Å². The molecule has 178 valence electrons. The molecule has 7 heteroatoms. The summed E-state index contributed by atoms with van der Waals surface area (Å²) < 4.78 is 6.49. The van der Waals surface area contributed by atoms with E-state index < -0.39 is 5.91 Å². The minimum absolute atomic E-state index is 0.0900. The summed E-state index contributed by atoms with van der Waals surface area (Å²) in [5.41, 5.74) is 5.80. The zero-order valence-electron chi connectivity index (χ0n) is 20.0. The number of aryl methyl sites for hydroxylation is 3. The molecule has 3 rings (SSSR count).